The first-order chi connectivity index (χ1) is 14.4. The van der Waals surface area contributed by atoms with Gasteiger partial charge in [-0.15, -0.1) is 0 Å². The van der Waals surface area contributed by atoms with Gasteiger partial charge in [0.05, 0.1) is 5.97 Å². The second kappa shape index (κ2) is 14.2. The number of amides is 3. The number of carboxylic acid groups (broad SMARTS) is 1. The van der Waals surface area contributed by atoms with E-state index in [1.54, 1.807) is 0 Å². The minimum atomic E-state index is -1.45. The Hall–Kier alpha value is -1.94. The second-order valence-corrected chi connectivity index (χ2v) is 7.15. The van der Waals surface area contributed by atoms with Crippen LogP contribution in [0.4, 0.5) is 0 Å². The van der Waals surface area contributed by atoms with Gasteiger partial charge in [0.2, 0.25) is 11.8 Å². The molecule has 31 heavy (non-hydrogen) atoms. The minimum absolute atomic E-state index is 0. The summed E-state index contributed by atoms with van der Waals surface area (Å²) in [6.07, 6.45) is 0.541. The van der Waals surface area contributed by atoms with E-state index in [9.17, 15) is 24.3 Å². The normalized spacial score (nSPS) is 17.6. The molecule has 164 valence electrons. The molecule has 1 aromatic carbocycles. The first-order valence-electron chi connectivity index (χ1n) is 10.2. The quantitative estimate of drug-likeness (QED) is 0.162. The fourth-order valence-corrected chi connectivity index (χ4v) is 2.93. The number of carbonyl (C=O) groups excluding carboxylic acids is 4. The Morgan fingerprint density at radius 3 is 2.26 bits per heavy atom. The van der Waals surface area contributed by atoms with E-state index in [-0.39, 0.29) is 47.8 Å². The molecule has 1 heterocycles. The average molecular weight is 441 g/mol. The molecule has 2 rings (SSSR count). The molecule has 1 aliphatic rings. The number of carboxylic acids is 1. The summed E-state index contributed by atoms with van der Waals surface area (Å²) >= 11 is 0. The van der Waals surface area contributed by atoms with Crippen molar-refractivity contribution in [2.24, 2.45) is 0 Å². The zero-order valence-electron chi connectivity index (χ0n) is 18.0. The summed E-state index contributed by atoms with van der Waals surface area (Å²) in [5.74, 6) is -2.46. The van der Waals surface area contributed by atoms with Gasteiger partial charge in [-0.1, -0.05) is 37.3 Å². The van der Waals surface area contributed by atoms with Gasteiger partial charge in [0.1, 0.15) is 12.1 Å². The zero-order valence-corrected chi connectivity index (χ0v) is 20.0. The van der Waals surface area contributed by atoms with Crippen LogP contribution >= 0.6 is 0 Å². The van der Waals surface area contributed by atoms with Gasteiger partial charge in [0.15, 0.2) is 6.10 Å². The summed E-state index contributed by atoms with van der Waals surface area (Å²) in [6, 6.07) is 8.31. The maximum absolute atomic E-state index is 12.6. The number of epoxide rings is 1. The van der Waals surface area contributed by atoms with E-state index in [0.29, 0.717) is 32.4 Å². The zero-order chi connectivity index (χ0) is 21.9. The summed E-state index contributed by atoms with van der Waals surface area (Å²) < 4.78 is 4.79. The monoisotopic (exact) mass is 441 g/mol. The first kappa shape index (κ1) is 27.1. The third kappa shape index (κ3) is 9.82. The maximum atomic E-state index is 12.6. The molecule has 0 unspecified atom stereocenters. The minimum Gasteiger partial charge on any atom is -0.547 e. The van der Waals surface area contributed by atoms with E-state index < -0.39 is 30.1 Å². The molecule has 0 saturated carbocycles. The molecule has 10 heteroatoms. The van der Waals surface area contributed by atoms with Crippen molar-refractivity contribution < 1.29 is 58.6 Å². The van der Waals surface area contributed by atoms with Crippen molar-refractivity contribution in [1.29, 1.82) is 0 Å². The Morgan fingerprint density at radius 1 is 1.03 bits per heavy atom. The summed E-state index contributed by atoms with van der Waals surface area (Å²) in [5, 5.41) is 18.9. The molecule has 0 bridgehead atoms. The predicted molar refractivity (Wildman–Crippen MR) is 106 cm³/mol. The molecule has 0 spiro atoms. The number of benzene rings is 1. The standard InChI is InChI=1S/C21H29N3O6.Na/c1-2-8-16(25)22-11-6-7-12-23-19(26)15(13-14-9-4-3-5-10-14)24-20(27)17-18(30-17)21(28)29;/h3-5,9-10,15,17-18H,2,6-8,11-13H2,1H3,(H,22,25)(H,23,26)(H,24,27)(H,28,29);/q;+1/p-1/t15-,17-,18-;/m0./s1. The number of unbranched alkanes of at least 4 members (excludes halogenated alkanes) is 1. The molecule has 0 aliphatic carbocycles. The van der Waals surface area contributed by atoms with Crippen LogP contribution in [0.25, 0.3) is 0 Å². The number of hydrogen-bond acceptors (Lipinski definition) is 6. The topological polar surface area (TPSA) is 140 Å². The van der Waals surface area contributed by atoms with E-state index in [4.69, 9.17) is 4.74 Å². The molecule has 1 fully saturated rings. The van der Waals surface area contributed by atoms with Crippen LogP contribution in [0.15, 0.2) is 30.3 Å². The molecule has 0 radical (unpaired) electrons. The number of hydrogen-bond donors (Lipinski definition) is 3. The van der Waals surface area contributed by atoms with Gasteiger partial charge in [0, 0.05) is 25.9 Å². The van der Waals surface area contributed by atoms with Gasteiger partial charge in [-0.3, -0.25) is 14.4 Å². The van der Waals surface area contributed by atoms with Gasteiger partial charge in [-0.2, -0.15) is 0 Å². The number of rotatable bonds is 13. The van der Waals surface area contributed by atoms with Crippen molar-refractivity contribution in [2.75, 3.05) is 13.1 Å². The molecule has 3 amide bonds. The van der Waals surface area contributed by atoms with Crippen molar-refractivity contribution >= 4 is 23.7 Å². The van der Waals surface area contributed by atoms with Gasteiger partial charge in [-0.25, -0.2) is 0 Å². The third-order valence-corrected chi connectivity index (χ3v) is 4.60. The van der Waals surface area contributed by atoms with E-state index in [2.05, 4.69) is 16.0 Å². The molecular formula is C21H28N3NaO6. The molecule has 0 aromatic heterocycles. The Bertz CT molecular complexity index is 746. The summed E-state index contributed by atoms with van der Waals surface area (Å²) in [7, 11) is 0. The van der Waals surface area contributed by atoms with Crippen LogP contribution in [0, 0.1) is 0 Å². The van der Waals surface area contributed by atoms with Crippen molar-refractivity contribution in [3.8, 4) is 0 Å². The summed E-state index contributed by atoms with van der Waals surface area (Å²) in [5.41, 5.74) is 0.852. The van der Waals surface area contributed by atoms with E-state index in [0.717, 1.165) is 12.0 Å². The van der Waals surface area contributed by atoms with E-state index >= 15 is 0 Å². The van der Waals surface area contributed by atoms with Gasteiger partial charge in [0.25, 0.3) is 5.91 Å². The predicted octanol–water partition coefficient (Wildman–Crippen LogP) is -3.95. The number of nitrogens with one attached hydrogen (secondary N) is 3. The van der Waals surface area contributed by atoms with Gasteiger partial charge >= 0.3 is 29.6 Å². The van der Waals surface area contributed by atoms with Gasteiger partial charge < -0.3 is 30.6 Å². The van der Waals surface area contributed by atoms with E-state index in [1.165, 1.54) is 0 Å². The maximum Gasteiger partial charge on any atom is 1.00 e. The number of aliphatic carboxylic acids is 1. The third-order valence-electron chi connectivity index (χ3n) is 4.60. The van der Waals surface area contributed by atoms with Crippen molar-refractivity contribution in [3.63, 3.8) is 0 Å². The molecular weight excluding hydrogens is 413 g/mol. The number of ether oxygens (including phenoxy) is 1. The first-order valence-corrected chi connectivity index (χ1v) is 10.2. The fourth-order valence-electron chi connectivity index (χ4n) is 2.93. The van der Waals surface area contributed by atoms with Crippen LogP contribution in [0.5, 0.6) is 0 Å². The Balaban J connectivity index is 0.00000480. The van der Waals surface area contributed by atoms with Crippen LogP contribution in [-0.4, -0.2) is 55.0 Å². The Labute approximate surface area is 204 Å². The SMILES string of the molecule is CCCC(=O)NCCCCNC(=O)[C@H](Cc1ccccc1)NC(=O)[C@H]1O[C@@H]1C(=O)[O-].[Na+]. The van der Waals surface area contributed by atoms with Crippen LogP contribution in [0.2, 0.25) is 0 Å². The molecule has 3 N–H and O–H groups in total. The largest absolute Gasteiger partial charge is 1.00 e. The van der Waals surface area contributed by atoms with Crippen LogP contribution in [0.1, 0.15) is 38.2 Å². The Morgan fingerprint density at radius 2 is 1.68 bits per heavy atom. The van der Waals surface area contributed by atoms with Crippen molar-refractivity contribution in [2.45, 2.75) is 57.3 Å². The summed E-state index contributed by atoms with van der Waals surface area (Å²) in [4.78, 5) is 47.0. The van der Waals surface area contributed by atoms with Crippen molar-refractivity contribution in [1.82, 2.24) is 16.0 Å². The fraction of sp³-hybridized carbons (Fsp3) is 0.524. The van der Waals surface area contributed by atoms with Gasteiger partial charge in [-0.05, 0) is 24.8 Å². The van der Waals surface area contributed by atoms with E-state index in [1.807, 2.05) is 37.3 Å². The van der Waals surface area contributed by atoms with Crippen molar-refractivity contribution in [3.05, 3.63) is 35.9 Å². The molecule has 1 aliphatic heterocycles. The average Bonchev–Trinajstić information content (AvgIpc) is 3.52. The van der Waals surface area contributed by atoms with Crippen LogP contribution < -0.4 is 50.6 Å². The van der Waals surface area contributed by atoms with Crippen LogP contribution in [0.3, 0.4) is 0 Å². The second-order valence-electron chi connectivity index (χ2n) is 7.15. The Kier molecular flexibility index (Phi) is 12.4. The molecule has 1 saturated heterocycles. The molecule has 1 aromatic rings. The molecule has 9 nitrogen and oxygen atoms in total. The number of carbonyl (C=O) groups is 4. The smallest absolute Gasteiger partial charge is 0.547 e. The van der Waals surface area contributed by atoms with Crippen LogP contribution in [-0.2, 0) is 30.3 Å². The molecule has 3 atom stereocenters. The summed E-state index contributed by atoms with van der Waals surface area (Å²) in [6.45, 7) is 2.88.